The second kappa shape index (κ2) is 11.0. The van der Waals surface area contributed by atoms with E-state index in [1.165, 1.54) is 0 Å². The van der Waals surface area contributed by atoms with Crippen molar-refractivity contribution < 1.29 is 9.59 Å². The molecule has 1 aromatic heterocycles. The van der Waals surface area contributed by atoms with Crippen LogP contribution in [-0.4, -0.2) is 27.6 Å². The molecule has 0 aliphatic rings. The van der Waals surface area contributed by atoms with Gasteiger partial charge in [0.2, 0.25) is 5.91 Å². The van der Waals surface area contributed by atoms with Gasteiger partial charge in [-0.15, -0.1) is 0 Å². The molecule has 1 heterocycles. The molecule has 0 aliphatic carbocycles. The van der Waals surface area contributed by atoms with Crippen molar-refractivity contribution in [2.75, 3.05) is 5.32 Å². The van der Waals surface area contributed by atoms with Gasteiger partial charge in [-0.1, -0.05) is 87.0 Å². The Morgan fingerprint density at radius 2 is 1.65 bits per heavy atom. The number of benzene rings is 3. The van der Waals surface area contributed by atoms with Crippen molar-refractivity contribution >= 4 is 29.2 Å². The van der Waals surface area contributed by atoms with Gasteiger partial charge in [-0.3, -0.25) is 9.59 Å². The van der Waals surface area contributed by atoms with Gasteiger partial charge in [0, 0.05) is 28.5 Å². The van der Waals surface area contributed by atoms with E-state index in [4.69, 9.17) is 16.7 Å². The summed E-state index contributed by atoms with van der Waals surface area (Å²) in [4.78, 5) is 26.7. The molecule has 2 amide bonds. The van der Waals surface area contributed by atoms with Crippen molar-refractivity contribution in [3.63, 3.8) is 0 Å². The van der Waals surface area contributed by atoms with Crippen LogP contribution in [0.3, 0.4) is 0 Å². The summed E-state index contributed by atoms with van der Waals surface area (Å²) in [6.45, 7) is 8.23. The number of hydrogen-bond donors (Lipinski definition) is 2. The van der Waals surface area contributed by atoms with Crippen molar-refractivity contribution in [3.8, 4) is 5.69 Å². The first-order valence-electron chi connectivity index (χ1n) is 12.2. The van der Waals surface area contributed by atoms with E-state index in [-0.39, 0.29) is 17.2 Å². The predicted octanol–water partition coefficient (Wildman–Crippen LogP) is 6.11. The number of halogens is 1. The molecule has 0 saturated heterocycles. The SMILES string of the molecule is Cc1ccccc1-n1nc(C(C)(C)C)cc1NC(=O)C(Cc1ccccc1)NC(=O)c1cccc(Cl)c1. The molecular formula is C30H31ClN4O2. The molecule has 4 rings (SSSR count). The molecule has 3 aromatic carbocycles. The predicted molar refractivity (Wildman–Crippen MR) is 148 cm³/mol. The van der Waals surface area contributed by atoms with Crippen LogP contribution in [0.2, 0.25) is 5.02 Å². The lowest BCUT2D eigenvalue weighted by molar-refractivity contribution is -0.118. The molecule has 0 aliphatic heterocycles. The maximum atomic E-state index is 13.7. The zero-order chi connectivity index (χ0) is 26.6. The first-order chi connectivity index (χ1) is 17.6. The van der Waals surface area contributed by atoms with Crippen LogP contribution >= 0.6 is 11.6 Å². The Bertz CT molecular complexity index is 1410. The number of carbonyl (C=O) groups is 2. The summed E-state index contributed by atoms with van der Waals surface area (Å²) in [5.74, 6) is -0.171. The van der Waals surface area contributed by atoms with E-state index in [9.17, 15) is 9.59 Å². The average molecular weight is 515 g/mol. The lowest BCUT2D eigenvalue weighted by Gasteiger charge is -2.19. The number of nitrogens with zero attached hydrogens (tertiary/aromatic N) is 2. The summed E-state index contributed by atoms with van der Waals surface area (Å²) in [7, 11) is 0. The van der Waals surface area contributed by atoms with Gasteiger partial charge in [0.05, 0.1) is 11.4 Å². The van der Waals surface area contributed by atoms with Crippen LogP contribution in [0.1, 0.15) is 48.0 Å². The Kier molecular flexibility index (Phi) is 7.79. The van der Waals surface area contributed by atoms with E-state index in [1.54, 1.807) is 28.9 Å². The van der Waals surface area contributed by atoms with Gasteiger partial charge in [-0.05, 0) is 42.3 Å². The van der Waals surface area contributed by atoms with Crippen molar-refractivity contribution in [1.82, 2.24) is 15.1 Å². The van der Waals surface area contributed by atoms with Gasteiger partial charge in [-0.25, -0.2) is 4.68 Å². The summed E-state index contributed by atoms with van der Waals surface area (Å²) in [5, 5.41) is 11.2. The molecule has 7 heteroatoms. The highest BCUT2D eigenvalue weighted by Crippen LogP contribution is 2.27. The minimum Gasteiger partial charge on any atom is -0.340 e. The van der Waals surface area contributed by atoms with E-state index in [2.05, 4.69) is 31.4 Å². The third-order valence-corrected chi connectivity index (χ3v) is 6.30. The van der Waals surface area contributed by atoms with Crippen LogP contribution in [0.25, 0.3) is 5.69 Å². The normalized spacial score (nSPS) is 12.1. The highest BCUT2D eigenvalue weighted by Gasteiger charge is 2.26. The van der Waals surface area contributed by atoms with Crippen LogP contribution in [0.15, 0.2) is 84.9 Å². The fourth-order valence-electron chi connectivity index (χ4n) is 3.97. The second-order valence-corrected chi connectivity index (χ2v) is 10.5. The van der Waals surface area contributed by atoms with Gasteiger partial charge < -0.3 is 10.6 Å². The second-order valence-electron chi connectivity index (χ2n) is 10.1. The zero-order valence-electron chi connectivity index (χ0n) is 21.5. The minimum atomic E-state index is -0.827. The average Bonchev–Trinajstić information content (AvgIpc) is 3.28. The van der Waals surface area contributed by atoms with Crippen molar-refractivity contribution in [1.29, 1.82) is 0 Å². The smallest absolute Gasteiger partial charge is 0.251 e. The van der Waals surface area contributed by atoms with Gasteiger partial charge in [-0.2, -0.15) is 5.10 Å². The molecule has 190 valence electrons. The number of amides is 2. The summed E-state index contributed by atoms with van der Waals surface area (Å²) in [6, 6.07) is 25.2. The maximum absolute atomic E-state index is 13.7. The Hall–Kier alpha value is -3.90. The van der Waals surface area contributed by atoms with Gasteiger partial charge in [0.1, 0.15) is 11.9 Å². The number of aromatic nitrogens is 2. The number of carbonyl (C=O) groups excluding carboxylic acids is 2. The molecule has 0 fully saturated rings. The quantitative estimate of drug-likeness (QED) is 0.312. The topological polar surface area (TPSA) is 76.0 Å². The Labute approximate surface area is 222 Å². The third kappa shape index (κ3) is 6.46. The molecule has 0 spiro atoms. The number of rotatable bonds is 7. The first-order valence-corrected chi connectivity index (χ1v) is 12.6. The summed E-state index contributed by atoms with van der Waals surface area (Å²) in [5.41, 5.74) is 3.83. The summed E-state index contributed by atoms with van der Waals surface area (Å²) in [6.07, 6.45) is 0.323. The first kappa shape index (κ1) is 26.2. The van der Waals surface area contributed by atoms with Crippen LogP contribution in [0.4, 0.5) is 5.82 Å². The number of aryl methyl sites for hydroxylation is 1. The number of nitrogens with one attached hydrogen (secondary N) is 2. The van der Waals surface area contributed by atoms with Gasteiger partial charge in [0.25, 0.3) is 5.91 Å². The van der Waals surface area contributed by atoms with E-state index < -0.39 is 6.04 Å². The monoisotopic (exact) mass is 514 g/mol. The highest BCUT2D eigenvalue weighted by atomic mass is 35.5. The summed E-state index contributed by atoms with van der Waals surface area (Å²) < 4.78 is 1.76. The number of para-hydroxylation sites is 1. The number of hydrogen-bond acceptors (Lipinski definition) is 3. The molecule has 1 atom stereocenters. The Balaban J connectivity index is 1.67. The van der Waals surface area contributed by atoms with E-state index >= 15 is 0 Å². The third-order valence-electron chi connectivity index (χ3n) is 6.06. The maximum Gasteiger partial charge on any atom is 0.251 e. The number of anilines is 1. The Morgan fingerprint density at radius 3 is 2.32 bits per heavy atom. The largest absolute Gasteiger partial charge is 0.340 e. The molecule has 0 bridgehead atoms. The molecule has 0 saturated carbocycles. The summed E-state index contributed by atoms with van der Waals surface area (Å²) >= 11 is 6.08. The highest BCUT2D eigenvalue weighted by molar-refractivity contribution is 6.31. The lowest BCUT2D eigenvalue weighted by atomic mass is 9.92. The van der Waals surface area contributed by atoms with Gasteiger partial charge >= 0.3 is 0 Å². The van der Waals surface area contributed by atoms with Gasteiger partial charge in [0.15, 0.2) is 0 Å². The minimum absolute atomic E-state index is 0.225. The van der Waals surface area contributed by atoms with Crippen molar-refractivity contribution in [2.24, 2.45) is 0 Å². The molecular weight excluding hydrogens is 484 g/mol. The van der Waals surface area contributed by atoms with Crippen LogP contribution in [0, 0.1) is 6.92 Å². The van der Waals surface area contributed by atoms with E-state index in [0.29, 0.717) is 22.8 Å². The fraction of sp³-hybridized carbons (Fsp3) is 0.233. The van der Waals surface area contributed by atoms with Crippen molar-refractivity contribution in [3.05, 3.63) is 112 Å². The fourth-order valence-corrected chi connectivity index (χ4v) is 4.16. The molecule has 4 aromatic rings. The lowest BCUT2D eigenvalue weighted by Crippen LogP contribution is -2.45. The molecule has 1 unspecified atom stereocenters. The van der Waals surface area contributed by atoms with Crippen molar-refractivity contribution in [2.45, 2.75) is 45.6 Å². The molecule has 37 heavy (non-hydrogen) atoms. The standard InChI is InChI=1S/C30H31ClN4O2/c1-20-11-8-9-16-25(20)35-27(19-26(34-35)30(2,3)4)33-29(37)24(17-21-12-6-5-7-13-21)32-28(36)22-14-10-15-23(31)18-22/h5-16,18-19,24H,17H2,1-4H3,(H,32,36)(H,33,37). The van der Waals surface area contributed by atoms with E-state index in [1.807, 2.05) is 67.6 Å². The zero-order valence-corrected chi connectivity index (χ0v) is 22.2. The Morgan fingerprint density at radius 1 is 0.946 bits per heavy atom. The van der Waals surface area contributed by atoms with Crippen LogP contribution in [0.5, 0.6) is 0 Å². The van der Waals surface area contributed by atoms with Crippen LogP contribution in [-0.2, 0) is 16.6 Å². The van der Waals surface area contributed by atoms with Crippen LogP contribution < -0.4 is 10.6 Å². The van der Waals surface area contributed by atoms with E-state index in [0.717, 1.165) is 22.5 Å². The molecule has 6 nitrogen and oxygen atoms in total. The molecule has 0 radical (unpaired) electrons. The molecule has 2 N–H and O–H groups in total.